The minimum atomic E-state index is -0.666. The molecular formula is C15H17BrF2OS. The summed E-state index contributed by atoms with van der Waals surface area (Å²) in [5.74, 6) is -1.09. The fraction of sp³-hybridized carbons (Fsp3) is 0.533. The topological polar surface area (TPSA) is 17.1 Å². The van der Waals surface area contributed by atoms with Crippen LogP contribution >= 0.6 is 27.7 Å². The Labute approximate surface area is 130 Å². The molecule has 1 aliphatic carbocycles. The van der Waals surface area contributed by atoms with Crippen molar-refractivity contribution in [3.8, 4) is 0 Å². The highest BCUT2D eigenvalue weighted by Gasteiger charge is 2.18. The van der Waals surface area contributed by atoms with Gasteiger partial charge in [0, 0.05) is 17.2 Å². The molecule has 2 rings (SSSR count). The van der Waals surface area contributed by atoms with E-state index in [9.17, 15) is 13.6 Å². The van der Waals surface area contributed by atoms with Crippen molar-refractivity contribution in [1.29, 1.82) is 0 Å². The summed E-state index contributed by atoms with van der Waals surface area (Å²) in [6.45, 7) is 0. The molecule has 0 radical (unpaired) electrons. The van der Waals surface area contributed by atoms with Gasteiger partial charge in [-0.2, -0.15) is 11.8 Å². The third kappa shape index (κ3) is 4.29. The quantitative estimate of drug-likeness (QED) is 0.692. The van der Waals surface area contributed by atoms with E-state index in [-0.39, 0.29) is 22.2 Å². The minimum Gasteiger partial charge on any atom is -0.298 e. The van der Waals surface area contributed by atoms with E-state index in [1.165, 1.54) is 31.4 Å². The lowest BCUT2D eigenvalue weighted by molar-refractivity contribution is -0.116. The molecule has 110 valence electrons. The first kappa shape index (κ1) is 16.0. The Kier molecular flexibility index (Phi) is 6.02. The molecule has 1 aromatic rings. The van der Waals surface area contributed by atoms with Crippen LogP contribution in [-0.2, 0) is 11.2 Å². The van der Waals surface area contributed by atoms with E-state index in [0.717, 1.165) is 12.8 Å². The van der Waals surface area contributed by atoms with E-state index in [1.54, 1.807) is 11.8 Å². The molecule has 0 spiro atoms. The molecule has 1 fully saturated rings. The molecule has 0 amide bonds. The van der Waals surface area contributed by atoms with E-state index in [0.29, 0.717) is 11.0 Å². The maximum Gasteiger partial charge on any atom is 0.147 e. The largest absolute Gasteiger partial charge is 0.298 e. The van der Waals surface area contributed by atoms with E-state index in [1.807, 2.05) is 0 Å². The van der Waals surface area contributed by atoms with Crippen LogP contribution in [0.3, 0.4) is 0 Å². The van der Waals surface area contributed by atoms with Gasteiger partial charge in [0.15, 0.2) is 0 Å². The van der Waals surface area contributed by atoms with Gasteiger partial charge in [-0.3, -0.25) is 4.79 Å². The summed E-state index contributed by atoms with van der Waals surface area (Å²) in [6.07, 6.45) is 5.85. The summed E-state index contributed by atoms with van der Waals surface area (Å²) < 4.78 is 27.5. The van der Waals surface area contributed by atoms with E-state index >= 15 is 0 Å². The highest BCUT2D eigenvalue weighted by Crippen LogP contribution is 2.29. The molecule has 0 N–H and O–H groups in total. The van der Waals surface area contributed by atoms with Crippen molar-refractivity contribution >= 4 is 33.5 Å². The Morgan fingerprint density at radius 3 is 2.65 bits per heavy atom. The van der Waals surface area contributed by atoms with Gasteiger partial charge in [-0.05, 0) is 40.9 Å². The van der Waals surface area contributed by atoms with Crippen LogP contribution in [0.15, 0.2) is 16.6 Å². The average Bonchev–Trinajstić information content (AvgIpc) is 2.46. The lowest BCUT2D eigenvalue weighted by Crippen LogP contribution is -2.14. The molecule has 0 saturated heterocycles. The zero-order chi connectivity index (χ0) is 14.5. The van der Waals surface area contributed by atoms with Crippen molar-refractivity contribution in [1.82, 2.24) is 0 Å². The molecular weight excluding hydrogens is 346 g/mol. The fourth-order valence-electron chi connectivity index (χ4n) is 2.42. The molecule has 0 unspecified atom stereocenters. The summed E-state index contributed by atoms with van der Waals surface area (Å²) >= 11 is 4.65. The van der Waals surface area contributed by atoms with Crippen molar-refractivity contribution < 1.29 is 13.6 Å². The van der Waals surface area contributed by atoms with Crippen molar-refractivity contribution in [2.75, 3.05) is 5.75 Å². The van der Waals surface area contributed by atoms with Crippen molar-refractivity contribution in [3.63, 3.8) is 0 Å². The first-order chi connectivity index (χ1) is 9.58. The summed E-state index contributed by atoms with van der Waals surface area (Å²) in [7, 11) is 0. The third-order valence-corrected chi connectivity index (χ3v) is 5.59. The predicted octanol–water partition coefficient (Wildman–Crippen LogP) is 4.90. The summed E-state index contributed by atoms with van der Waals surface area (Å²) in [4.78, 5) is 11.9. The summed E-state index contributed by atoms with van der Waals surface area (Å²) in [5, 5.41) is 0.532. The molecule has 0 aliphatic heterocycles. The molecule has 0 bridgehead atoms. The number of carbonyl (C=O) groups is 1. The number of thioether (sulfide) groups is 1. The van der Waals surface area contributed by atoms with Crippen molar-refractivity contribution in [3.05, 3.63) is 33.8 Å². The summed E-state index contributed by atoms with van der Waals surface area (Å²) in [5.41, 5.74) is -0.131. The standard InChI is InChI=1S/C15H17BrF2OS/c16-13-6-7-14(17)12(15(13)18)8-10(19)9-20-11-4-2-1-3-5-11/h6-7,11H,1-5,8-9H2. The van der Waals surface area contributed by atoms with Gasteiger partial charge < -0.3 is 0 Å². The average molecular weight is 363 g/mol. The Hall–Kier alpha value is -0.420. The van der Waals surface area contributed by atoms with Gasteiger partial charge in [0.1, 0.15) is 17.4 Å². The van der Waals surface area contributed by atoms with E-state index < -0.39 is 11.6 Å². The van der Waals surface area contributed by atoms with Crippen LogP contribution in [0.1, 0.15) is 37.7 Å². The van der Waals surface area contributed by atoms with Crippen LogP contribution in [-0.4, -0.2) is 16.8 Å². The zero-order valence-electron chi connectivity index (χ0n) is 11.1. The second-order valence-electron chi connectivity index (χ2n) is 5.11. The Morgan fingerprint density at radius 1 is 1.25 bits per heavy atom. The Morgan fingerprint density at radius 2 is 1.95 bits per heavy atom. The normalized spacial score (nSPS) is 16.4. The lowest BCUT2D eigenvalue weighted by atomic mass is 10.0. The van der Waals surface area contributed by atoms with Gasteiger partial charge in [0.2, 0.25) is 0 Å². The highest BCUT2D eigenvalue weighted by molar-refractivity contribution is 9.10. The Balaban J connectivity index is 1.89. The predicted molar refractivity (Wildman–Crippen MR) is 82.1 cm³/mol. The minimum absolute atomic E-state index is 0.114. The van der Waals surface area contributed by atoms with Gasteiger partial charge in [0.25, 0.3) is 0 Å². The van der Waals surface area contributed by atoms with E-state index in [4.69, 9.17) is 0 Å². The number of ketones is 1. The number of hydrogen-bond donors (Lipinski definition) is 0. The Bertz CT molecular complexity index is 487. The molecule has 1 aliphatic rings. The SMILES string of the molecule is O=C(CSC1CCCCC1)Cc1c(F)ccc(Br)c1F. The molecule has 1 aromatic carbocycles. The maximum atomic E-state index is 13.8. The van der Waals surface area contributed by atoms with Crippen LogP contribution in [0, 0.1) is 11.6 Å². The van der Waals surface area contributed by atoms with Crippen molar-refractivity contribution in [2.24, 2.45) is 0 Å². The first-order valence-electron chi connectivity index (χ1n) is 6.83. The maximum absolute atomic E-state index is 13.8. The molecule has 0 aromatic heterocycles. The second kappa shape index (κ2) is 7.55. The van der Waals surface area contributed by atoms with Crippen LogP contribution in [0.25, 0.3) is 0 Å². The zero-order valence-corrected chi connectivity index (χ0v) is 13.5. The van der Waals surface area contributed by atoms with Gasteiger partial charge in [0.05, 0.1) is 10.2 Å². The summed E-state index contributed by atoms with van der Waals surface area (Å²) in [6, 6.07) is 2.50. The molecule has 20 heavy (non-hydrogen) atoms. The third-order valence-electron chi connectivity index (χ3n) is 3.55. The van der Waals surface area contributed by atoms with Gasteiger partial charge in [-0.15, -0.1) is 0 Å². The molecule has 0 atom stereocenters. The lowest BCUT2D eigenvalue weighted by Gasteiger charge is -2.20. The number of hydrogen-bond acceptors (Lipinski definition) is 2. The van der Waals surface area contributed by atoms with Gasteiger partial charge in [-0.1, -0.05) is 19.3 Å². The van der Waals surface area contributed by atoms with Crippen LogP contribution in [0.5, 0.6) is 0 Å². The number of benzene rings is 1. The van der Waals surface area contributed by atoms with Crippen LogP contribution < -0.4 is 0 Å². The molecule has 0 heterocycles. The number of halogens is 3. The molecule has 5 heteroatoms. The van der Waals surface area contributed by atoms with Gasteiger partial charge in [-0.25, -0.2) is 8.78 Å². The van der Waals surface area contributed by atoms with E-state index in [2.05, 4.69) is 15.9 Å². The number of Topliss-reactive ketones (excluding diaryl/α,β-unsaturated/α-hetero) is 1. The smallest absolute Gasteiger partial charge is 0.147 e. The highest BCUT2D eigenvalue weighted by atomic mass is 79.9. The number of rotatable bonds is 5. The number of carbonyl (C=O) groups excluding carboxylic acids is 1. The molecule has 1 saturated carbocycles. The van der Waals surface area contributed by atoms with Crippen LogP contribution in [0.2, 0.25) is 0 Å². The monoisotopic (exact) mass is 362 g/mol. The van der Waals surface area contributed by atoms with Crippen LogP contribution in [0.4, 0.5) is 8.78 Å². The molecule has 1 nitrogen and oxygen atoms in total. The van der Waals surface area contributed by atoms with Crippen molar-refractivity contribution in [2.45, 2.75) is 43.8 Å². The fourth-order valence-corrected chi connectivity index (χ4v) is 3.98. The first-order valence-corrected chi connectivity index (χ1v) is 8.68. The second-order valence-corrected chi connectivity index (χ2v) is 7.25. The van der Waals surface area contributed by atoms with Gasteiger partial charge >= 0.3 is 0 Å².